The topological polar surface area (TPSA) is 73.7 Å². The van der Waals surface area contributed by atoms with E-state index >= 15 is 0 Å². The van der Waals surface area contributed by atoms with E-state index in [1.54, 1.807) is 28.8 Å². The Kier molecular flexibility index (Phi) is 6.71. The van der Waals surface area contributed by atoms with Crippen LogP contribution in [-0.4, -0.2) is 52.0 Å². The smallest absolute Gasteiger partial charge is 0.410 e. The van der Waals surface area contributed by atoms with Gasteiger partial charge < -0.3 is 14.4 Å². The number of esters is 1. The molecular formula is C22H28ClN3O4. The minimum atomic E-state index is -0.532. The summed E-state index contributed by atoms with van der Waals surface area (Å²) in [5.74, 6) is -0.347. The summed E-state index contributed by atoms with van der Waals surface area (Å²) in [6, 6.07) is 7.34. The fourth-order valence-corrected chi connectivity index (χ4v) is 3.78. The molecule has 0 bridgehead atoms. The van der Waals surface area contributed by atoms with E-state index in [0.29, 0.717) is 36.5 Å². The zero-order chi connectivity index (χ0) is 21.9. The molecule has 0 N–H and O–H groups in total. The molecule has 0 spiro atoms. The first-order chi connectivity index (χ1) is 14.2. The molecular weight excluding hydrogens is 406 g/mol. The predicted octanol–water partition coefficient (Wildman–Crippen LogP) is 4.82. The number of piperidine rings is 1. The molecule has 0 aliphatic carbocycles. The van der Waals surface area contributed by atoms with Gasteiger partial charge in [-0.1, -0.05) is 17.7 Å². The van der Waals surface area contributed by atoms with Gasteiger partial charge in [-0.15, -0.1) is 0 Å². The van der Waals surface area contributed by atoms with Crippen molar-refractivity contribution < 1.29 is 19.1 Å². The Morgan fingerprint density at radius 2 is 1.93 bits per heavy atom. The lowest BCUT2D eigenvalue weighted by Crippen LogP contribution is -2.41. The molecule has 1 aliphatic heterocycles. The second-order valence-corrected chi connectivity index (χ2v) is 8.73. The zero-order valence-electron chi connectivity index (χ0n) is 17.9. The van der Waals surface area contributed by atoms with Crippen LogP contribution >= 0.6 is 11.6 Å². The Balaban J connectivity index is 1.86. The predicted molar refractivity (Wildman–Crippen MR) is 114 cm³/mol. The lowest BCUT2D eigenvalue weighted by molar-refractivity contribution is 0.0202. The van der Waals surface area contributed by atoms with E-state index in [4.69, 9.17) is 21.1 Å². The third-order valence-corrected chi connectivity index (χ3v) is 5.12. The normalized spacial score (nSPS) is 15.2. The summed E-state index contributed by atoms with van der Waals surface area (Å²) in [6.07, 6.45) is 2.62. The molecule has 0 atom stereocenters. The van der Waals surface area contributed by atoms with Crippen molar-refractivity contribution in [1.82, 2.24) is 14.7 Å². The van der Waals surface area contributed by atoms with E-state index in [-0.39, 0.29) is 18.6 Å². The van der Waals surface area contributed by atoms with Crippen LogP contribution in [0.1, 0.15) is 62.5 Å². The molecule has 1 aromatic carbocycles. The van der Waals surface area contributed by atoms with Gasteiger partial charge in [0.2, 0.25) is 0 Å². The monoisotopic (exact) mass is 433 g/mol. The van der Waals surface area contributed by atoms with Gasteiger partial charge in [0.15, 0.2) is 0 Å². The third-order valence-electron chi connectivity index (χ3n) is 4.89. The van der Waals surface area contributed by atoms with Crippen molar-refractivity contribution in [3.63, 3.8) is 0 Å². The molecule has 1 amide bonds. The maximum Gasteiger partial charge on any atom is 0.410 e. The van der Waals surface area contributed by atoms with E-state index in [9.17, 15) is 9.59 Å². The fraction of sp³-hybridized carbons (Fsp3) is 0.500. The first-order valence-corrected chi connectivity index (χ1v) is 10.6. The van der Waals surface area contributed by atoms with Gasteiger partial charge >= 0.3 is 12.1 Å². The number of aromatic nitrogens is 2. The molecule has 30 heavy (non-hydrogen) atoms. The van der Waals surface area contributed by atoms with Crippen molar-refractivity contribution in [2.24, 2.45) is 0 Å². The van der Waals surface area contributed by atoms with Crippen LogP contribution in [0, 0.1) is 0 Å². The molecule has 8 heteroatoms. The van der Waals surface area contributed by atoms with Crippen LogP contribution in [0.25, 0.3) is 5.69 Å². The van der Waals surface area contributed by atoms with E-state index in [2.05, 4.69) is 5.10 Å². The van der Waals surface area contributed by atoms with Gasteiger partial charge in [0, 0.05) is 24.0 Å². The summed E-state index contributed by atoms with van der Waals surface area (Å²) in [4.78, 5) is 26.7. The summed E-state index contributed by atoms with van der Waals surface area (Å²) >= 11 is 6.17. The Morgan fingerprint density at radius 1 is 1.23 bits per heavy atom. The number of amides is 1. The van der Waals surface area contributed by atoms with E-state index < -0.39 is 11.6 Å². The number of halogens is 1. The SMILES string of the molecule is CCOC(=O)c1cnn(-c2cccc(Cl)c2)c1C1CCN(C(=O)OC(C)(C)C)CC1. The van der Waals surface area contributed by atoms with Crippen LogP contribution in [0.5, 0.6) is 0 Å². The van der Waals surface area contributed by atoms with Gasteiger partial charge in [0.25, 0.3) is 0 Å². The lowest BCUT2D eigenvalue weighted by Gasteiger charge is -2.33. The maximum absolute atomic E-state index is 12.6. The molecule has 3 rings (SSSR count). The van der Waals surface area contributed by atoms with Gasteiger partial charge in [-0.05, 0) is 58.7 Å². The molecule has 0 radical (unpaired) electrons. The third kappa shape index (κ3) is 5.14. The van der Waals surface area contributed by atoms with Gasteiger partial charge in [0.05, 0.1) is 24.2 Å². The highest BCUT2D eigenvalue weighted by atomic mass is 35.5. The van der Waals surface area contributed by atoms with Crippen LogP contribution in [0.4, 0.5) is 4.79 Å². The molecule has 2 heterocycles. The number of hydrogen-bond donors (Lipinski definition) is 0. The first-order valence-electron chi connectivity index (χ1n) is 10.2. The summed E-state index contributed by atoms with van der Waals surface area (Å²) in [5, 5.41) is 5.05. The number of carbonyl (C=O) groups is 2. The van der Waals surface area contributed by atoms with Crippen LogP contribution in [0.3, 0.4) is 0 Å². The number of nitrogens with zero attached hydrogens (tertiary/aromatic N) is 3. The molecule has 162 valence electrons. The largest absolute Gasteiger partial charge is 0.462 e. The van der Waals surface area contributed by atoms with E-state index in [0.717, 1.165) is 11.4 Å². The highest BCUT2D eigenvalue weighted by Crippen LogP contribution is 2.33. The van der Waals surface area contributed by atoms with E-state index in [1.807, 2.05) is 39.0 Å². The van der Waals surface area contributed by atoms with Gasteiger partial charge in [-0.3, -0.25) is 0 Å². The molecule has 0 unspecified atom stereocenters. The summed E-state index contributed by atoms with van der Waals surface area (Å²) < 4.78 is 12.5. The van der Waals surface area contributed by atoms with Crippen molar-refractivity contribution in [3.8, 4) is 5.69 Å². The maximum atomic E-state index is 12.6. The fourth-order valence-electron chi connectivity index (χ4n) is 3.59. The van der Waals surface area contributed by atoms with Crippen molar-refractivity contribution in [2.75, 3.05) is 19.7 Å². The van der Waals surface area contributed by atoms with Crippen molar-refractivity contribution in [3.05, 3.63) is 46.7 Å². The average molecular weight is 434 g/mol. The number of hydrogen-bond acceptors (Lipinski definition) is 5. The summed E-state index contributed by atoms with van der Waals surface area (Å²) in [7, 11) is 0. The first kappa shape index (κ1) is 22.2. The number of likely N-dealkylation sites (tertiary alicyclic amines) is 1. The van der Waals surface area contributed by atoms with Crippen molar-refractivity contribution >= 4 is 23.7 Å². The highest BCUT2D eigenvalue weighted by Gasteiger charge is 2.32. The molecule has 1 aliphatic rings. The standard InChI is InChI=1S/C22H28ClN3O4/c1-5-29-20(27)18-14-24-26(17-8-6-7-16(23)13-17)19(18)15-9-11-25(12-10-15)21(28)30-22(2,3)4/h6-8,13-15H,5,9-12H2,1-4H3. The van der Waals surface area contributed by atoms with Crippen LogP contribution in [-0.2, 0) is 9.47 Å². The molecule has 1 aromatic heterocycles. The molecule has 1 saturated heterocycles. The highest BCUT2D eigenvalue weighted by molar-refractivity contribution is 6.30. The van der Waals surface area contributed by atoms with Crippen molar-refractivity contribution in [1.29, 1.82) is 0 Å². The lowest BCUT2D eigenvalue weighted by atomic mass is 9.91. The van der Waals surface area contributed by atoms with Crippen LogP contribution in [0.2, 0.25) is 5.02 Å². The molecule has 1 fully saturated rings. The quantitative estimate of drug-likeness (QED) is 0.646. The molecule has 2 aromatic rings. The van der Waals surface area contributed by atoms with Crippen molar-refractivity contribution in [2.45, 2.75) is 52.1 Å². The average Bonchev–Trinajstić information content (AvgIpc) is 3.12. The van der Waals surface area contributed by atoms with Crippen LogP contribution in [0.15, 0.2) is 30.5 Å². The summed E-state index contributed by atoms with van der Waals surface area (Å²) in [5.41, 5.74) is 1.49. The van der Waals surface area contributed by atoms with Gasteiger partial charge in [0.1, 0.15) is 11.2 Å². The summed E-state index contributed by atoms with van der Waals surface area (Å²) in [6.45, 7) is 8.72. The van der Waals surface area contributed by atoms with E-state index in [1.165, 1.54) is 0 Å². The Bertz CT molecular complexity index is 911. The van der Waals surface area contributed by atoms with Gasteiger partial charge in [-0.25, -0.2) is 14.3 Å². The number of carbonyl (C=O) groups excluding carboxylic acids is 2. The Morgan fingerprint density at radius 3 is 2.53 bits per heavy atom. The molecule has 0 saturated carbocycles. The number of rotatable bonds is 4. The van der Waals surface area contributed by atoms with Gasteiger partial charge in [-0.2, -0.15) is 5.10 Å². The molecule has 7 nitrogen and oxygen atoms in total. The number of ether oxygens (including phenoxy) is 2. The zero-order valence-corrected chi connectivity index (χ0v) is 18.6. The Labute approximate surface area is 181 Å². The second kappa shape index (κ2) is 9.08. The Hall–Kier alpha value is -2.54. The van der Waals surface area contributed by atoms with Crippen LogP contribution < -0.4 is 0 Å². The second-order valence-electron chi connectivity index (χ2n) is 8.30. The minimum Gasteiger partial charge on any atom is -0.462 e. The number of benzene rings is 1. The minimum absolute atomic E-state index is 0.0459.